The number of carbonyl (C=O) groups is 1. The molecule has 0 aliphatic heterocycles. The Kier molecular flexibility index (Phi) is 4.58. The molecule has 1 aromatic carbocycles. The lowest BCUT2D eigenvalue weighted by Gasteiger charge is -2.05. The zero-order valence-corrected chi connectivity index (χ0v) is 10.2. The van der Waals surface area contributed by atoms with Gasteiger partial charge in [0.05, 0.1) is 6.61 Å². The fourth-order valence-corrected chi connectivity index (χ4v) is 1.48. The molecular formula is C14H14O5. The Bertz CT molecular complexity index is 518. The van der Waals surface area contributed by atoms with Crippen molar-refractivity contribution in [2.45, 2.75) is 6.61 Å². The van der Waals surface area contributed by atoms with Crippen LogP contribution in [-0.2, 0) is 11.3 Å². The van der Waals surface area contributed by atoms with Crippen LogP contribution in [0.4, 0.5) is 0 Å². The van der Waals surface area contributed by atoms with E-state index in [0.29, 0.717) is 19.0 Å². The summed E-state index contributed by atoms with van der Waals surface area (Å²) in [5.41, 5.74) is 0. The second-order valence-corrected chi connectivity index (χ2v) is 3.79. The number of hydrogen-bond donors (Lipinski definition) is 1. The minimum absolute atomic E-state index is 0.0841. The number of aromatic carboxylic acids is 1. The summed E-state index contributed by atoms with van der Waals surface area (Å²) in [7, 11) is 0. The summed E-state index contributed by atoms with van der Waals surface area (Å²) >= 11 is 0. The van der Waals surface area contributed by atoms with E-state index < -0.39 is 5.97 Å². The van der Waals surface area contributed by atoms with Crippen molar-refractivity contribution in [1.82, 2.24) is 0 Å². The van der Waals surface area contributed by atoms with E-state index >= 15 is 0 Å². The van der Waals surface area contributed by atoms with E-state index in [-0.39, 0.29) is 12.4 Å². The summed E-state index contributed by atoms with van der Waals surface area (Å²) in [5, 5.41) is 8.68. The lowest BCUT2D eigenvalue weighted by molar-refractivity contribution is 0.0628. The third kappa shape index (κ3) is 4.15. The molecule has 5 nitrogen and oxygen atoms in total. The summed E-state index contributed by atoms with van der Waals surface area (Å²) in [5.74, 6) is 0.104. The predicted molar refractivity (Wildman–Crippen MR) is 67.3 cm³/mol. The van der Waals surface area contributed by atoms with Gasteiger partial charge in [0.2, 0.25) is 5.76 Å². The summed E-state index contributed by atoms with van der Waals surface area (Å²) < 4.78 is 15.8. The third-order valence-electron chi connectivity index (χ3n) is 2.36. The Morgan fingerprint density at radius 3 is 2.58 bits per heavy atom. The Morgan fingerprint density at radius 1 is 1.11 bits per heavy atom. The van der Waals surface area contributed by atoms with Crippen molar-refractivity contribution in [2.24, 2.45) is 0 Å². The molecule has 5 heteroatoms. The molecule has 0 amide bonds. The van der Waals surface area contributed by atoms with E-state index in [9.17, 15) is 4.79 Å². The van der Waals surface area contributed by atoms with Gasteiger partial charge >= 0.3 is 5.97 Å². The van der Waals surface area contributed by atoms with Gasteiger partial charge in [-0.15, -0.1) is 0 Å². The highest BCUT2D eigenvalue weighted by Gasteiger charge is 2.08. The van der Waals surface area contributed by atoms with Gasteiger partial charge in [0.15, 0.2) is 0 Å². The second kappa shape index (κ2) is 6.61. The molecule has 0 atom stereocenters. The average molecular weight is 262 g/mol. The molecule has 1 aromatic heterocycles. The fraction of sp³-hybridized carbons (Fsp3) is 0.214. The van der Waals surface area contributed by atoms with E-state index in [2.05, 4.69) is 0 Å². The standard InChI is InChI=1S/C14H14O5/c15-14(16)13-7-6-12(19-13)10-17-8-9-18-11-4-2-1-3-5-11/h1-7H,8-10H2,(H,15,16). The van der Waals surface area contributed by atoms with Crippen LogP contribution in [0.3, 0.4) is 0 Å². The zero-order chi connectivity index (χ0) is 13.5. The van der Waals surface area contributed by atoms with Gasteiger partial charge in [-0.05, 0) is 24.3 Å². The third-order valence-corrected chi connectivity index (χ3v) is 2.36. The van der Waals surface area contributed by atoms with Gasteiger partial charge in [0.25, 0.3) is 0 Å². The van der Waals surface area contributed by atoms with Crippen LogP contribution in [0.1, 0.15) is 16.3 Å². The van der Waals surface area contributed by atoms with Gasteiger partial charge in [-0.1, -0.05) is 18.2 Å². The van der Waals surface area contributed by atoms with Crippen molar-refractivity contribution in [3.05, 3.63) is 54.0 Å². The minimum atomic E-state index is -1.08. The van der Waals surface area contributed by atoms with Crippen molar-refractivity contribution < 1.29 is 23.8 Å². The highest BCUT2D eigenvalue weighted by Crippen LogP contribution is 2.10. The molecule has 19 heavy (non-hydrogen) atoms. The van der Waals surface area contributed by atoms with Crippen molar-refractivity contribution in [2.75, 3.05) is 13.2 Å². The van der Waals surface area contributed by atoms with Gasteiger partial charge in [0.1, 0.15) is 24.7 Å². The van der Waals surface area contributed by atoms with Gasteiger partial charge in [-0.2, -0.15) is 0 Å². The minimum Gasteiger partial charge on any atom is -0.491 e. The number of furan rings is 1. The maximum Gasteiger partial charge on any atom is 0.371 e. The van der Waals surface area contributed by atoms with Crippen LogP contribution >= 0.6 is 0 Å². The molecule has 2 aromatic rings. The number of hydrogen-bond acceptors (Lipinski definition) is 4. The Hall–Kier alpha value is -2.27. The number of carboxylic acids is 1. The van der Waals surface area contributed by atoms with Crippen LogP contribution in [-0.4, -0.2) is 24.3 Å². The Balaban J connectivity index is 1.65. The molecule has 0 saturated carbocycles. The highest BCUT2D eigenvalue weighted by molar-refractivity contribution is 5.84. The maximum atomic E-state index is 10.6. The van der Waals surface area contributed by atoms with E-state index in [0.717, 1.165) is 5.75 Å². The SMILES string of the molecule is O=C(O)c1ccc(COCCOc2ccccc2)o1. The lowest BCUT2D eigenvalue weighted by Crippen LogP contribution is -2.06. The van der Waals surface area contributed by atoms with E-state index in [1.54, 1.807) is 6.07 Å². The predicted octanol–water partition coefficient (Wildman–Crippen LogP) is 2.57. The Labute approximate surface area is 110 Å². The molecule has 1 heterocycles. The van der Waals surface area contributed by atoms with E-state index in [4.69, 9.17) is 19.0 Å². The van der Waals surface area contributed by atoms with E-state index in [1.165, 1.54) is 6.07 Å². The summed E-state index contributed by atoms with van der Waals surface area (Å²) in [6.45, 7) is 1.06. The molecule has 0 bridgehead atoms. The first-order valence-corrected chi connectivity index (χ1v) is 5.83. The second-order valence-electron chi connectivity index (χ2n) is 3.79. The van der Waals surface area contributed by atoms with Crippen molar-refractivity contribution in [1.29, 1.82) is 0 Å². The molecule has 0 unspecified atom stereocenters. The molecule has 1 N–H and O–H groups in total. The summed E-state index contributed by atoms with van der Waals surface area (Å²) in [6.07, 6.45) is 0. The number of para-hydroxylation sites is 1. The molecule has 0 spiro atoms. The first kappa shape index (κ1) is 13.2. The monoisotopic (exact) mass is 262 g/mol. The molecular weight excluding hydrogens is 248 g/mol. The lowest BCUT2D eigenvalue weighted by atomic mass is 10.3. The number of ether oxygens (including phenoxy) is 2. The molecule has 0 fully saturated rings. The van der Waals surface area contributed by atoms with Crippen LogP contribution in [0.15, 0.2) is 46.9 Å². The maximum absolute atomic E-state index is 10.6. The first-order chi connectivity index (χ1) is 9.25. The van der Waals surface area contributed by atoms with E-state index in [1.807, 2.05) is 30.3 Å². The highest BCUT2D eigenvalue weighted by atomic mass is 16.5. The van der Waals surface area contributed by atoms with Crippen LogP contribution < -0.4 is 4.74 Å². The average Bonchev–Trinajstić information content (AvgIpc) is 2.89. The van der Waals surface area contributed by atoms with Crippen LogP contribution in [0, 0.1) is 0 Å². The molecule has 0 aliphatic rings. The molecule has 0 radical (unpaired) electrons. The van der Waals surface area contributed by atoms with Crippen molar-refractivity contribution in [3.8, 4) is 5.75 Å². The summed E-state index contributed by atoms with van der Waals surface area (Å²) in [4.78, 5) is 10.6. The number of carboxylic acid groups (broad SMARTS) is 1. The van der Waals surface area contributed by atoms with Gasteiger partial charge in [-0.3, -0.25) is 0 Å². The van der Waals surface area contributed by atoms with Crippen molar-refractivity contribution in [3.63, 3.8) is 0 Å². The number of benzene rings is 1. The Morgan fingerprint density at radius 2 is 1.89 bits per heavy atom. The zero-order valence-electron chi connectivity index (χ0n) is 10.2. The van der Waals surface area contributed by atoms with Gasteiger partial charge in [-0.25, -0.2) is 4.79 Å². The molecule has 2 rings (SSSR count). The fourth-order valence-electron chi connectivity index (χ4n) is 1.48. The largest absolute Gasteiger partial charge is 0.491 e. The summed E-state index contributed by atoms with van der Waals surface area (Å²) in [6, 6.07) is 12.4. The number of rotatable bonds is 7. The van der Waals surface area contributed by atoms with Gasteiger partial charge in [0, 0.05) is 0 Å². The van der Waals surface area contributed by atoms with Crippen LogP contribution in [0.5, 0.6) is 5.75 Å². The van der Waals surface area contributed by atoms with Crippen LogP contribution in [0.2, 0.25) is 0 Å². The topological polar surface area (TPSA) is 68.9 Å². The van der Waals surface area contributed by atoms with Gasteiger partial charge < -0.3 is 19.0 Å². The molecule has 0 saturated heterocycles. The molecule has 0 aliphatic carbocycles. The van der Waals surface area contributed by atoms with Crippen molar-refractivity contribution >= 4 is 5.97 Å². The smallest absolute Gasteiger partial charge is 0.371 e. The first-order valence-electron chi connectivity index (χ1n) is 5.83. The van der Waals surface area contributed by atoms with Crippen LogP contribution in [0.25, 0.3) is 0 Å². The molecule has 100 valence electrons. The quantitative estimate of drug-likeness (QED) is 0.777. The normalized spacial score (nSPS) is 10.3.